The number of aromatic nitrogens is 5. The van der Waals surface area contributed by atoms with Crippen LogP contribution in [0, 0.1) is 0 Å². The summed E-state index contributed by atoms with van der Waals surface area (Å²) >= 11 is 0. The average Bonchev–Trinajstić information content (AvgIpc) is 3.29. The smallest absolute Gasteiger partial charge is 0.274 e. The Labute approximate surface area is 185 Å². The highest BCUT2D eigenvalue weighted by Gasteiger charge is 2.22. The molecule has 160 valence electrons. The molecule has 1 amide bonds. The minimum absolute atomic E-state index is 0.227. The van der Waals surface area contributed by atoms with Crippen molar-refractivity contribution in [2.24, 2.45) is 0 Å². The Balaban J connectivity index is 1.45. The molecular formula is C24H22N6O2. The highest BCUT2D eigenvalue weighted by molar-refractivity contribution is 6.04. The van der Waals surface area contributed by atoms with Gasteiger partial charge < -0.3 is 10.1 Å². The van der Waals surface area contributed by atoms with Gasteiger partial charge in [-0.25, -0.2) is 4.98 Å². The quantitative estimate of drug-likeness (QED) is 0.518. The first-order chi connectivity index (χ1) is 15.8. The number of rotatable bonds is 5. The van der Waals surface area contributed by atoms with Gasteiger partial charge >= 0.3 is 0 Å². The number of nitrogens with zero attached hydrogens (tertiary/aromatic N) is 5. The van der Waals surface area contributed by atoms with Crippen LogP contribution in [0.15, 0.2) is 73.3 Å². The van der Waals surface area contributed by atoms with Gasteiger partial charge in [-0.2, -0.15) is 5.10 Å². The lowest BCUT2D eigenvalue weighted by molar-refractivity contribution is 0.0663. The lowest BCUT2D eigenvalue weighted by Crippen LogP contribution is -2.20. The maximum atomic E-state index is 13.1. The molecule has 5 rings (SSSR count). The molecule has 1 fully saturated rings. The molecule has 1 N–H and O–H groups in total. The topological polar surface area (TPSA) is 94.8 Å². The molecule has 1 aliphatic rings. The van der Waals surface area contributed by atoms with Crippen molar-refractivity contribution in [3.05, 3.63) is 79.0 Å². The van der Waals surface area contributed by atoms with E-state index in [-0.39, 0.29) is 11.9 Å². The summed E-state index contributed by atoms with van der Waals surface area (Å²) in [6, 6.07) is 15.0. The van der Waals surface area contributed by atoms with Gasteiger partial charge in [0.1, 0.15) is 11.4 Å². The molecule has 0 unspecified atom stereocenters. The van der Waals surface area contributed by atoms with Crippen LogP contribution >= 0.6 is 0 Å². The number of carbonyl (C=O) groups is 1. The SMILES string of the molecule is O=C(Nc1cn(C2CCOCC2)nc1-c1ccccn1)c1cccc(-c2ccncc2)n1. The zero-order valence-electron chi connectivity index (χ0n) is 17.4. The van der Waals surface area contributed by atoms with Crippen molar-refractivity contribution in [3.8, 4) is 22.6 Å². The summed E-state index contributed by atoms with van der Waals surface area (Å²) < 4.78 is 7.40. The fourth-order valence-corrected chi connectivity index (χ4v) is 3.74. The van der Waals surface area contributed by atoms with Crippen molar-refractivity contribution in [1.29, 1.82) is 0 Å². The fraction of sp³-hybridized carbons (Fsp3) is 0.208. The predicted octanol–water partition coefficient (Wildman–Crippen LogP) is 4.01. The van der Waals surface area contributed by atoms with Gasteiger partial charge in [-0.3, -0.25) is 19.4 Å². The Morgan fingerprint density at radius 1 is 0.969 bits per heavy atom. The first-order valence-corrected chi connectivity index (χ1v) is 10.5. The molecule has 8 nitrogen and oxygen atoms in total. The third kappa shape index (κ3) is 4.26. The van der Waals surface area contributed by atoms with E-state index in [9.17, 15) is 4.79 Å². The molecule has 5 heterocycles. The normalized spacial score (nSPS) is 14.2. The molecular weight excluding hydrogens is 404 g/mol. The molecule has 0 aliphatic carbocycles. The number of nitrogens with one attached hydrogen (secondary N) is 1. The zero-order chi connectivity index (χ0) is 21.8. The van der Waals surface area contributed by atoms with E-state index in [1.165, 1.54) is 0 Å². The first-order valence-electron chi connectivity index (χ1n) is 10.5. The van der Waals surface area contributed by atoms with E-state index in [1.807, 2.05) is 53.3 Å². The predicted molar refractivity (Wildman–Crippen MR) is 120 cm³/mol. The summed E-state index contributed by atoms with van der Waals surface area (Å²) in [7, 11) is 0. The fourth-order valence-electron chi connectivity index (χ4n) is 3.74. The van der Waals surface area contributed by atoms with Gasteiger partial charge in [-0.15, -0.1) is 0 Å². The number of ether oxygens (including phenoxy) is 1. The summed E-state index contributed by atoms with van der Waals surface area (Å²) in [6.45, 7) is 1.41. The van der Waals surface area contributed by atoms with E-state index in [0.29, 0.717) is 41.7 Å². The van der Waals surface area contributed by atoms with Gasteiger partial charge in [-0.1, -0.05) is 12.1 Å². The lowest BCUT2D eigenvalue weighted by Gasteiger charge is -2.22. The van der Waals surface area contributed by atoms with E-state index in [4.69, 9.17) is 9.84 Å². The third-order valence-corrected chi connectivity index (χ3v) is 5.41. The van der Waals surface area contributed by atoms with Gasteiger partial charge in [0, 0.05) is 43.6 Å². The van der Waals surface area contributed by atoms with Crippen LogP contribution < -0.4 is 5.32 Å². The van der Waals surface area contributed by atoms with Crippen LogP contribution in [0.3, 0.4) is 0 Å². The van der Waals surface area contributed by atoms with E-state index < -0.39 is 0 Å². The van der Waals surface area contributed by atoms with Gasteiger partial charge in [0.2, 0.25) is 0 Å². The lowest BCUT2D eigenvalue weighted by atomic mass is 10.1. The summed E-state index contributed by atoms with van der Waals surface area (Å²) in [5.74, 6) is -0.301. The Bertz CT molecular complexity index is 1200. The van der Waals surface area contributed by atoms with Crippen LogP contribution in [-0.4, -0.2) is 43.9 Å². The maximum Gasteiger partial charge on any atom is 0.274 e. The molecule has 0 radical (unpaired) electrons. The van der Waals surface area contributed by atoms with E-state index in [2.05, 4.69) is 20.3 Å². The van der Waals surface area contributed by atoms with Crippen LogP contribution in [-0.2, 0) is 4.74 Å². The molecule has 1 saturated heterocycles. The van der Waals surface area contributed by atoms with E-state index in [0.717, 1.165) is 18.4 Å². The van der Waals surface area contributed by atoms with Crippen molar-refractivity contribution >= 4 is 11.6 Å². The molecule has 32 heavy (non-hydrogen) atoms. The number of anilines is 1. The average molecular weight is 426 g/mol. The molecule has 1 aliphatic heterocycles. The Morgan fingerprint density at radius 3 is 2.56 bits per heavy atom. The van der Waals surface area contributed by atoms with Crippen LogP contribution in [0.5, 0.6) is 0 Å². The molecule has 0 bridgehead atoms. The van der Waals surface area contributed by atoms with Crippen molar-refractivity contribution in [2.75, 3.05) is 18.5 Å². The molecule has 0 aromatic carbocycles. The van der Waals surface area contributed by atoms with Crippen LogP contribution in [0.1, 0.15) is 29.4 Å². The minimum atomic E-state index is -0.301. The van der Waals surface area contributed by atoms with Gasteiger partial charge in [0.15, 0.2) is 0 Å². The number of carbonyl (C=O) groups excluding carboxylic acids is 1. The maximum absolute atomic E-state index is 13.1. The third-order valence-electron chi connectivity index (χ3n) is 5.41. The van der Waals surface area contributed by atoms with E-state index >= 15 is 0 Å². The first kappa shape index (κ1) is 20.0. The largest absolute Gasteiger partial charge is 0.381 e. The van der Waals surface area contributed by atoms with Crippen molar-refractivity contribution < 1.29 is 9.53 Å². The van der Waals surface area contributed by atoms with Crippen LogP contribution in [0.4, 0.5) is 5.69 Å². The van der Waals surface area contributed by atoms with Gasteiger partial charge in [0.05, 0.1) is 23.1 Å². The minimum Gasteiger partial charge on any atom is -0.381 e. The summed E-state index contributed by atoms with van der Waals surface area (Å²) in [6.07, 6.45) is 8.76. The summed E-state index contributed by atoms with van der Waals surface area (Å²) in [4.78, 5) is 26.1. The Kier molecular flexibility index (Phi) is 5.67. The van der Waals surface area contributed by atoms with Crippen molar-refractivity contribution in [2.45, 2.75) is 18.9 Å². The second-order valence-electron chi connectivity index (χ2n) is 7.53. The number of hydrogen-bond donors (Lipinski definition) is 1. The van der Waals surface area contributed by atoms with Crippen molar-refractivity contribution in [3.63, 3.8) is 0 Å². The van der Waals surface area contributed by atoms with Crippen LogP contribution in [0.2, 0.25) is 0 Å². The summed E-state index contributed by atoms with van der Waals surface area (Å²) in [5.41, 5.74) is 3.88. The zero-order valence-corrected chi connectivity index (χ0v) is 17.4. The second kappa shape index (κ2) is 9.07. The number of amides is 1. The molecule has 0 spiro atoms. The standard InChI is InChI=1S/C24H22N6O2/c31-24(21-6-3-5-19(27-21)17-7-12-25-13-8-17)28-22-16-30(18-9-14-32-15-10-18)29-23(22)20-4-1-2-11-26-20/h1-8,11-13,16,18H,9-10,14-15H2,(H,28,31). The summed E-state index contributed by atoms with van der Waals surface area (Å²) in [5, 5.41) is 7.77. The molecule has 8 heteroatoms. The number of pyridine rings is 3. The molecule has 4 aromatic heterocycles. The molecule has 4 aromatic rings. The molecule has 0 atom stereocenters. The van der Waals surface area contributed by atoms with Crippen LogP contribution in [0.25, 0.3) is 22.6 Å². The molecule has 0 saturated carbocycles. The second-order valence-corrected chi connectivity index (χ2v) is 7.53. The Hall–Kier alpha value is -3.91. The van der Waals surface area contributed by atoms with Gasteiger partial charge in [-0.05, 0) is 49.2 Å². The monoisotopic (exact) mass is 426 g/mol. The number of hydrogen-bond acceptors (Lipinski definition) is 6. The van der Waals surface area contributed by atoms with E-state index in [1.54, 1.807) is 24.7 Å². The van der Waals surface area contributed by atoms with Crippen molar-refractivity contribution in [1.82, 2.24) is 24.7 Å². The Morgan fingerprint density at radius 2 is 1.78 bits per heavy atom. The highest BCUT2D eigenvalue weighted by Crippen LogP contribution is 2.29. The van der Waals surface area contributed by atoms with Gasteiger partial charge in [0.25, 0.3) is 5.91 Å². The highest BCUT2D eigenvalue weighted by atomic mass is 16.5.